The van der Waals surface area contributed by atoms with Gasteiger partial charge in [-0.2, -0.15) is 0 Å². The fraction of sp³-hybridized carbons (Fsp3) is 0.474. The average molecular weight is 377 g/mol. The molecule has 0 unspecified atom stereocenters. The van der Waals surface area contributed by atoms with Gasteiger partial charge in [0.25, 0.3) is 0 Å². The third-order valence-corrected chi connectivity index (χ3v) is 4.19. The fourth-order valence-corrected chi connectivity index (χ4v) is 3.02. The van der Waals surface area contributed by atoms with Gasteiger partial charge < -0.3 is 24.8 Å². The van der Waals surface area contributed by atoms with Crippen LogP contribution in [0.4, 0.5) is 4.79 Å². The van der Waals surface area contributed by atoms with Crippen molar-refractivity contribution in [2.24, 2.45) is 0 Å². The van der Waals surface area contributed by atoms with Gasteiger partial charge in [0.15, 0.2) is 11.5 Å². The first-order valence-corrected chi connectivity index (χ1v) is 8.76. The van der Waals surface area contributed by atoms with Gasteiger partial charge >= 0.3 is 12.0 Å². The second-order valence-electron chi connectivity index (χ2n) is 6.29. The van der Waals surface area contributed by atoms with E-state index in [2.05, 4.69) is 10.6 Å². The number of amides is 2. The second-order valence-corrected chi connectivity index (χ2v) is 6.29. The number of urea groups is 1. The van der Waals surface area contributed by atoms with Crippen molar-refractivity contribution in [1.82, 2.24) is 15.5 Å². The van der Waals surface area contributed by atoms with E-state index in [1.807, 2.05) is 30.1 Å². The second kappa shape index (κ2) is 9.27. The number of rotatable bonds is 8. The molecule has 1 atom stereocenters. The van der Waals surface area contributed by atoms with Gasteiger partial charge in [0.1, 0.15) is 0 Å². The number of likely N-dealkylation sites (N-methyl/N-ethyl adjacent to an activating group) is 1. The first kappa shape index (κ1) is 20.6. The minimum atomic E-state index is -0.424. The topological polar surface area (TPSA) is 89.1 Å². The predicted molar refractivity (Wildman–Crippen MR) is 101 cm³/mol. The Morgan fingerprint density at radius 2 is 1.89 bits per heavy atom. The Kier molecular flexibility index (Phi) is 7.06. The number of carbonyl (C=O) groups excluding carboxylic acids is 2. The fourth-order valence-electron chi connectivity index (χ4n) is 3.02. The zero-order valence-corrected chi connectivity index (χ0v) is 16.4. The van der Waals surface area contributed by atoms with E-state index in [-0.39, 0.29) is 12.6 Å². The van der Waals surface area contributed by atoms with Gasteiger partial charge in [-0.3, -0.25) is 4.90 Å². The van der Waals surface area contributed by atoms with Gasteiger partial charge in [0.2, 0.25) is 0 Å². The molecule has 0 spiro atoms. The van der Waals surface area contributed by atoms with Crippen LogP contribution in [0.3, 0.4) is 0 Å². The molecule has 0 aromatic heterocycles. The molecule has 0 bridgehead atoms. The maximum Gasteiger partial charge on any atom is 0.337 e. The molecule has 0 saturated carbocycles. The molecule has 2 rings (SSSR count). The summed E-state index contributed by atoms with van der Waals surface area (Å²) in [7, 11) is 5.09. The quantitative estimate of drug-likeness (QED) is 0.670. The first-order chi connectivity index (χ1) is 12.9. The normalized spacial score (nSPS) is 16.7. The molecule has 1 heterocycles. The monoisotopic (exact) mass is 377 g/mol. The Morgan fingerprint density at radius 1 is 1.19 bits per heavy atom. The number of nitrogens with one attached hydrogen (secondary N) is 2. The number of esters is 1. The third-order valence-electron chi connectivity index (χ3n) is 4.19. The zero-order chi connectivity index (χ0) is 20.0. The van der Waals surface area contributed by atoms with Crippen molar-refractivity contribution in [2.75, 3.05) is 34.4 Å². The summed E-state index contributed by atoms with van der Waals surface area (Å²) in [5, 5.41) is 5.43. The standard InChI is InChI=1S/C19H27N3O5/c1-6-27-18(23)17-12(2)20-19(24)21-14(17)11-22(3)10-13-7-8-15(25-4)16(9-13)26-5/h7-9,12H,6,10-11H2,1-5H3,(H2,20,21,24)/t12-/m0/s1. The van der Waals surface area contributed by atoms with Crippen LogP contribution in [0.25, 0.3) is 0 Å². The summed E-state index contributed by atoms with van der Waals surface area (Å²) in [6.07, 6.45) is 0. The molecule has 2 amide bonds. The number of hydrogen-bond donors (Lipinski definition) is 2. The van der Waals surface area contributed by atoms with Crippen LogP contribution < -0.4 is 20.1 Å². The van der Waals surface area contributed by atoms with E-state index in [0.717, 1.165) is 5.56 Å². The zero-order valence-electron chi connectivity index (χ0n) is 16.4. The lowest BCUT2D eigenvalue weighted by Gasteiger charge is -2.29. The molecule has 0 fully saturated rings. The Morgan fingerprint density at radius 3 is 2.52 bits per heavy atom. The van der Waals surface area contributed by atoms with Crippen LogP contribution >= 0.6 is 0 Å². The van der Waals surface area contributed by atoms with E-state index in [4.69, 9.17) is 14.2 Å². The van der Waals surface area contributed by atoms with E-state index in [1.54, 1.807) is 28.1 Å². The highest BCUT2D eigenvalue weighted by Crippen LogP contribution is 2.28. The highest BCUT2D eigenvalue weighted by Gasteiger charge is 2.30. The number of methoxy groups -OCH3 is 2. The summed E-state index contributed by atoms with van der Waals surface area (Å²) in [4.78, 5) is 26.1. The smallest absolute Gasteiger partial charge is 0.337 e. The van der Waals surface area contributed by atoms with Crippen molar-refractivity contribution >= 4 is 12.0 Å². The maximum atomic E-state index is 12.3. The Hall–Kier alpha value is -2.74. The molecule has 2 N–H and O–H groups in total. The summed E-state index contributed by atoms with van der Waals surface area (Å²) < 4.78 is 15.7. The van der Waals surface area contributed by atoms with E-state index in [9.17, 15) is 9.59 Å². The molecule has 8 heteroatoms. The molecule has 0 radical (unpaired) electrons. The average Bonchev–Trinajstić information content (AvgIpc) is 2.61. The predicted octanol–water partition coefficient (Wildman–Crippen LogP) is 1.65. The highest BCUT2D eigenvalue weighted by molar-refractivity contribution is 5.94. The summed E-state index contributed by atoms with van der Waals surface area (Å²) >= 11 is 0. The highest BCUT2D eigenvalue weighted by atomic mass is 16.5. The number of nitrogens with zero attached hydrogens (tertiary/aromatic N) is 1. The van der Waals surface area contributed by atoms with Crippen molar-refractivity contribution in [1.29, 1.82) is 0 Å². The van der Waals surface area contributed by atoms with Crippen molar-refractivity contribution in [3.63, 3.8) is 0 Å². The van der Waals surface area contributed by atoms with Crippen LogP contribution in [-0.4, -0.2) is 57.4 Å². The molecule has 0 aliphatic carbocycles. The maximum absolute atomic E-state index is 12.3. The van der Waals surface area contributed by atoms with Crippen LogP contribution in [0.15, 0.2) is 29.5 Å². The molecule has 1 aromatic rings. The van der Waals surface area contributed by atoms with Crippen LogP contribution in [0.1, 0.15) is 19.4 Å². The van der Waals surface area contributed by atoms with E-state index >= 15 is 0 Å². The Bertz CT molecular complexity index is 732. The summed E-state index contributed by atoms with van der Waals surface area (Å²) in [6, 6.07) is 4.95. The van der Waals surface area contributed by atoms with Crippen molar-refractivity contribution in [2.45, 2.75) is 26.4 Å². The third kappa shape index (κ3) is 5.13. The van der Waals surface area contributed by atoms with E-state index in [1.165, 1.54) is 0 Å². The molecule has 27 heavy (non-hydrogen) atoms. The number of carbonyl (C=O) groups is 2. The lowest BCUT2D eigenvalue weighted by molar-refractivity contribution is -0.139. The van der Waals surface area contributed by atoms with Crippen LogP contribution in [0, 0.1) is 0 Å². The molecule has 0 saturated heterocycles. The minimum Gasteiger partial charge on any atom is -0.493 e. The number of hydrogen-bond acceptors (Lipinski definition) is 6. The molecule has 8 nitrogen and oxygen atoms in total. The lowest BCUT2D eigenvalue weighted by atomic mass is 10.0. The van der Waals surface area contributed by atoms with Crippen LogP contribution in [0.2, 0.25) is 0 Å². The van der Waals surface area contributed by atoms with E-state index in [0.29, 0.717) is 35.9 Å². The van der Waals surface area contributed by atoms with E-state index < -0.39 is 12.0 Å². The van der Waals surface area contributed by atoms with Crippen molar-refractivity contribution in [3.05, 3.63) is 35.0 Å². The molecule has 148 valence electrons. The van der Waals surface area contributed by atoms with Gasteiger partial charge in [0.05, 0.1) is 32.4 Å². The van der Waals surface area contributed by atoms with Gasteiger partial charge in [-0.15, -0.1) is 0 Å². The summed E-state index contributed by atoms with van der Waals surface area (Å²) in [5.74, 6) is 0.890. The minimum absolute atomic E-state index is 0.276. The molecule has 1 aliphatic heterocycles. The van der Waals surface area contributed by atoms with Gasteiger partial charge in [-0.1, -0.05) is 6.07 Å². The lowest BCUT2D eigenvalue weighted by Crippen LogP contribution is -2.51. The van der Waals surface area contributed by atoms with Crippen LogP contribution in [-0.2, 0) is 16.1 Å². The SMILES string of the molecule is CCOC(=O)C1=C(CN(C)Cc2ccc(OC)c(OC)c2)NC(=O)N[C@H]1C. The molecule has 1 aliphatic rings. The molecular formula is C19H27N3O5. The largest absolute Gasteiger partial charge is 0.493 e. The van der Waals surface area contributed by atoms with Crippen LogP contribution in [0.5, 0.6) is 11.5 Å². The Balaban J connectivity index is 2.18. The van der Waals surface area contributed by atoms with Gasteiger partial charge in [-0.05, 0) is 38.6 Å². The molecule has 1 aromatic carbocycles. The number of ether oxygens (including phenoxy) is 3. The van der Waals surface area contributed by atoms with Gasteiger partial charge in [-0.25, -0.2) is 9.59 Å². The van der Waals surface area contributed by atoms with Gasteiger partial charge in [0, 0.05) is 18.8 Å². The summed E-state index contributed by atoms with van der Waals surface area (Å²) in [6.45, 7) is 4.77. The van der Waals surface area contributed by atoms with Crippen molar-refractivity contribution < 1.29 is 23.8 Å². The van der Waals surface area contributed by atoms with Crippen molar-refractivity contribution in [3.8, 4) is 11.5 Å². The molecular weight excluding hydrogens is 350 g/mol. The first-order valence-electron chi connectivity index (χ1n) is 8.76. The summed E-state index contributed by atoms with van der Waals surface area (Å²) in [5.41, 5.74) is 2.00. The Labute approximate surface area is 159 Å². The number of benzene rings is 1.